The van der Waals surface area contributed by atoms with Gasteiger partial charge in [-0.1, -0.05) is 42.5 Å². The highest BCUT2D eigenvalue weighted by Gasteiger charge is 2.41. The van der Waals surface area contributed by atoms with Gasteiger partial charge in [0, 0.05) is 25.7 Å². The van der Waals surface area contributed by atoms with Crippen molar-refractivity contribution in [1.29, 1.82) is 0 Å². The molecular weight excluding hydrogens is 528 g/mol. The molecule has 1 aliphatic heterocycles. The van der Waals surface area contributed by atoms with Crippen molar-refractivity contribution < 1.29 is 37.4 Å². The first-order valence-electron chi connectivity index (χ1n) is 12.1. The molecule has 3 rings (SSSR count). The number of carboxylic acids is 1. The Hall–Kier alpha value is -3.94. The second-order valence-electron chi connectivity index (χ2n) is 9.00. The molecule has 2 amide bonds. The molecule has 1 saturated heterocycles. The van der Waals surface area contributed by atoms with E-state index in [1.54, 1.807) is 42.5 Å². The molecule has 0 unspecified atom stereocenters. The molecule has 1 aliphatic rings. The molecule has 208 valence electrons. The Kier molecular flexibility index (Phi) is 10.0. The fourth-order valence-corrected chi connectivity index (χ4v) is 5.39. The van der Waals surface area contributed by atoms with Crippen molar-refractivity contribution in [2.45, 2.75) is 49.6 Å². The number of carbonyl (C=O) groups excluding carboxylic acids is 3. The van der Waals surface area contributed by atoms with Crippen molar-refractivity contribution >= 4 is 39.4 Å². The van der Waals surface area contributed by atoms with Crippen LogP contribution in [-0.2, 0) is 46.8 Å². The summed E-state index contributed by atoms with van der Waals surface area (Å²) in [5, 5.41) is 12.1. The molecule has 4 N–H and O–H groups in total. The van der Waals surface area contributed by atoms with Crippen molar-refractivity contribution in [3.63, 3.8) is 0 Å². The maximum atomic E-state index is 13.0. The molecule has 0 radical (unpaired) electrons. The molecule has 2 atom stereocenters. The van der Waals surface area contributed by atoms with Gasteiger partial charge in [-0.05, 0) is 30.2 Å². The molecule has 2 aromatic carbocycles. The van der Waals surface area contributed by atoms with Gasteiger partial charge in [0.15, 0.2) is 0 Å². The fourth-order valence-electron chi connectivity index (χ4n) is 3.91. The van der Waals surface area contributed by atoms with E-state index in [4.69, 9.17) is 10.5 Å². The van der Waals surface area contributed by atoms with Gasteiger partial charge in [0.25, 0.3) is 0 Å². The van der Waals surface area contributed by atoms with E-state index in [1.165, 1.54) is 19.1 Å². The minimum atomic E-state index is -4.04. The van der Waals surface area contributed by atoms with Gasteiger partial charge in [-0.3, -0.25) is 14.4 Å². The van der Waals surface area contributed by atoms with E-state index in [0.29, 0.717) is 11.1 Å². The first-order chi connectivity index (χ1) is 18.5. The molecule has 0 spiro atoms. The van der Waals surface area contributed by atoms with Gasteiger partial charge in [0.2, 0.25) is 21.8 Å². The third kappa shape index (κ3) is 8.27. The van der Waals surface area contributed by atoms with Crippen LogP contribution in [0, 0.1) is 0 Å². The minimum absolute atomic E-state index is 0.00702. The van der Waals surface area contributed by atoms with Crippen molar-refractivity contribution in [3.05, 3.63) is 65.7 Å². The predicted molar refractivity (Wildman–Crippen MR) is 140 cm³/mol. The van der Waals surface area contributed by atoms with Crippen LogP contribution in [0.5, 0.6) is 0 Å². The summed E-state index contributed by atoms with van der Waals surface area (Å²) in [5.41, 5.74) is 6.60. The van der Waals surface area contributed by atoms with Crippen molar-refractivity contribution in [1.82, 2.24) is 9.62 Å². The number of ketones is 1. The summed E-state index contributed by atoms with van der Waals surface area (Å²) < 4.78 is 32.1. The van der Waals surface area contributed by atoms with Crippen molar-refractivity contribution in [2.75, 3.05) is 13.3 Å². The number of Topliss-reactive ketones (excluding diaryl/α,β-unsaturated/α-hetero) is 1. The molecule has 0 saturated carbocycles. The Labute approximate surface area is 225 Å². The highest BCUT2D eigenvalue weighted by Crippen LogP contribution is 2.22. The van der Waals surface area contributed by atoms with Gasteiger partial charge in [0.1, 0.15) is 24.6 Å². The number of nitrogens with one attached hydrogen (secondary N) is 1. The third-order valence-electron chi connectivity index (χ3n) is 5.89. The van der Waals surface area contributed by atoms with Crippen LogP contribution in [0.15, 0.2) is 64.5 Å². The monoisotopic (exact) mass is 558 g/mol. The van der Waals surface area contributed by atoms with Gasteiger partial charge >= 0.3 is 5.97 Å². The summed E-state index contributed by atoms with van der Waals surface area (Å²) in [5.74, 6) is -2.58. The largest absolute Gasteiger partial charge is 0.480 e. The summed E-state index contributed by atoms with van der Waals surface area (Å²) >= 11 is 0. The molecule has 2 aromatic rings. The number of nitrogens with two attached hydrogens (primary N) is 1. The molecule has 1 fully saturated rings. The number of hydrogen-bond donors (Lipinski definition) is 3. The first-order valence-corrected chi connectivity index (χ1v) is 13.5. The Balaban J connectivity index is 1.60. The number of nitrogens with zero attached hydrogens (tertiary/aromatic N) is 2. The van der Waals surface area contributed by atoms with Gasteiger partial charge < -0.3 is 20.9 Å². The van der Waals surface area contributed by atoms with E-state index in [-0.39, 0.29) is 55.5 Å². The summed E-state index contributed by atoms with van der Waals surface area (Å²) in [6, 6.07) is 11.6. The number of benzene rings is 2. The van der Waals surface area contributed by atoms with Crippen molar-refractivity contribution in [2.24, 2.45) is 10.7 Å². The summed E-state index contributed by atoms with van der Waals surface area (Å²) in [6.07, 6.45) is -0.00142. The topological polar surface area (TPSA) is 186 Å². The normalized spacial score (nSPS) is 16.9. The summed E-state index contributed by atoms with van der Waals surface area (Å²) in [6.45, 7) is 0.938. The minimum Gasteiger partial charge on any atom is -0.480 e. The number of carboxylic acid groups (broad SMARTS) is 1. The standard InChI is InChI=1S/C26H30N4O8S/c1-17(27)28-24(32)12-11-20(31)13-18-7-9-19(10-8-18)14-22(26(34)35)29-25(33)23-15-38-16-30(23)39(36,37)21-5-3-2-4-6-21/h2-10,22-23H,11-16H2,1H3,(H,29,33)(H,34,35)(H2,27,28,32)/t22-,23-/m0/s1. The van der Waals surface area contributed by atoms with E-state index in [1.807, 2.05) is 0 Å². The zero-order valence-corrected chi connectivity index (χ0v) is 22.1. The van der Waals surface area contributed by atoms with E-state index in [2.05, 4.69) is 10.3 Å². The maximum Gasteiger partial charge on any atom is 0.326 e. The Morgan fingerprint density at radius 3 is 2.33 bits per heavy atom. The number of amides is 2. The predicted octanol–water partition coefficient (Wildman–Crippen LogP) is 0.641. The second kappa shape index (κ2) is 13.2. The quantitative estimate of drug-likeness (QED) is 0.248. The lowest BCUT2D eigenvalue weighted by Gasteiger charge is -2.23. The number of ether oxygens (including phenoxy) is 1. The smallest absolute Gasteiger partial charge is 0.326 e. The van der Waals surface area contributed by atoms with Crippen LogP contribution >= 0.6 is 0 Å². The van der Waals surface area contributed by atoms with E-state index >= 15 is 0 Å². The van der Waals surface area contributed by atoms with Gasteiger partial charge in [-0.2, -0.15) is 4.31 Å². The lowest BCUT2D eigenvalue weighted by Crippen LogP contribution is -2.52. The maximum absolute atomic E-state index is 13.0. The highest BCUT2D eigenvalue weighted by atomic mass is 32.2. The summed E-state index contributed by atoms with van der Waals surface area (Å²) in [4.78, 5) is 52.1. The molecule has 39 heavy (non-hydrogen) atoms. The number of amidine groups is 1. The lowest BCUT2D eigenvalue weighted by molar-refractivity contribution is -0.142. The average Bonchev–Trinajstić information content (AvgIpc) is 3.39. The van der Waals surface area contributed by atoms with Crippen LogP contribution in [0.25, 0.3) is 0 Å². The Morgan fingerprint density at radius 2 is 1.72 bits per heavy atom. The number of aliphatic imine (C=N–C) groups is 1. The number of hydrogen-bond acceptors (Lipinski definition) is 7. The number of aliphatic carboxylic acids is 1. The zero-order valence-electron chi connectivity index (χ0n) is 21.3. The number of carbonyl (C=O) groups is 4. The van der Waals surface area contributed by atoms with E-state index in [0.717, 1.165) is 4.31 Å². The van der Waals surface area contributed by atoms with Crippen LogP contribution in [0.2, 0.25) is 0 Å². The van der Waals surface area contributed by atoms with Crippen LogP contribution in [-0.4, -0.2) is 72.7 Å². The van der Waals surface area contributed by atoms with Crippen molar-refractivity contribution in [3.8, 4) is 0 Å². The second-order valence-corrected chi connectivity index (χ2v) is 10.9. The van der Waals surface area contributed by atoms with Crippen LogP contribution in [0.3, 0.4) is 0 Å². The third-order valence-corrected chi connectivity index (χ3v) is 7.74. The Morgan fingerprint density at radius 1 is 1.08 bits per heavy atom. The summed E-state index contributed by atoms with van der Waals surface area (Å²) in [7, 11) is -4.04. The number of rotatable bonds is 12. The molecule has 0 bridgehead atoms. The van der Waals surface area contributed by atoms with Gasteiger partial charge in [-0.15, -0.1) is 0 Å². The molecular formula is C26H30N4O8S. The highest BCUT2D eigenvalue weighted by molar-refractivity contribution is 7.89. The fraction of sp³-hybridized carbons (Fsp3) is 0.346. The van der Waals surface area contributed by atoms with Crippen LogP contribution in [0.1, 0.15) is 30.9 Å². The first kappa shape index (κ1) is 29.6. The van der Waals surface area contributed by atoms with Gasteiger partial charge in [-0.25, -0.2) is 18.2 Å². The molecule has 12 nitrogen and oxygen atoms in total. The molecule has 0 aliphatic carbocycles. The number of sulfonamides is 1. The molecule has 1 heterocycles. The van der Waals surface area contributed by atoms with Gasteiger partial charge in [0.05, 0.1) is 17.3 Å². The lowest BCUT2D eigenvalue weighted by atomic mass is 10.0. The van der Waals surface area contributed by atoms with Crippen LogP contribution in [0.4, 0.5) is 0 Å². The van der Waals surface area contributed by atoms with Crippen LogP contribution < -0.4 is 11.1 Å². The van der Waals surface area contributed by atoms with E-state index < -0.39 is 39.9 Å². The van der Waals surface area contributed by atoms with E-state index in [9.17, 15) is 32.7 Å². The molecule has 0 aromatic heterocycles. The zero-order chi connectivity index (χ0) is 28.6. The Bertz CT molecular complexity index is 1340. The average molecular weight is 559 g/mol. The molecule has 13 heteroatoms. The SMILES string of the molecule is CC(N)=NC(=O)CCC(=O)Cc1ccc(C[C@H](NC(=O)[C@@H]2COCN2S(=O)(=O)c2ccccc2)C(=O)O)cc1.